The van der Waals surface area contributed by atoms with E-state index < -0.39 is 8.32 Å². The van der Waals surface area contributed by atoms with Crippen LogP contribution in [-0.2, 0) is 4.43 Å². The van der Waals surface area contributed by atoms with E-state index in [2.05, 4.69) is 40.4 Å². The Morgan fingerprint density at radius 2 is 1.80 bits per heavy atom. The second kappa shape index (κ2) is 5.52. The van der Waals surface area contributed by atoms with E-state index in [0.29, 0.717) is 17.1 Å². The Kier molecular flexibility index (Phi) is 4.59. The number of aromatic hydroxyl groups is 1. The highest BCUT2D eigenvalue weighted by atomic mass is 28.4. The van der Waals surface area contributed by atoms with Crippen LogP contribution in [0.4, 0.5) is 0 Å². The van der Waals surface area contributed by atoms with Gasteiger partial charge >= 0.3 is 0 Å². The summed E-state index contributed by atoms with van der Waals surface area (Å²) in [5, 5.41) is 10.2. The van der Waals surface area contributed by atoms with E-state index in [-0.39, 0.29) is 10.8 Å². The molecule has 0 radical (unpaired) electrons. The second-order valence-corrected chi connectivity index (χ2v) is 11.4. The molecule has 0 amide bonds. The van der Waals surface area contributed by atoms with Crippen LogP contribution in [0, 0.1) is 6.92 Å². The summed E-state index contributed by atoms with van der Waals surface area (Å²) >= 11 is 0. The molecule has 1 aromatic rings. The van der Waals surface area contributed by atoms with E-state index in [1.165, 1.54) is 0 Å². The highest BCUT2D eigenvalue weighted by Gasteiger charge is 2.39. The Labute approximate surface area is 123 Å². The van der Waals surface area contributed by atoms with Crippen LogP contribution in [0.25, 0.3) is 5.76 Å². The third-order valence-electron chi connectivity index (χ3n) is 3.91. The molecule has 0 aliphatic carbocycles. The van der Waals surface area contributed by atoms with E-state index in [4.69, 9.17) is 9.16 Å². The zero-order valence-corrected chi connectivity index (χ0v) is 14.6. The fourth-order valence-corrected chi connectivity index (χ4v) is 2.71. The largest absolute Gasteiger partial charge is 0.543 e. The molecule has 1 aromatic carbocycles. The lowest BCUT2D eigenvalue weighted by Gasteiger charge is -2.37. The fraction of sp³-hybridized carbons (Fsp3) is 0.500. The molecule has 0 unspecified atom stereocenters. The quantitative estimate of drug-likeness (QED) is 0.646. The van der Waals surface area contributed by atoms with Gasteiger partial charge in [-0.1, -0.05) is 27.4 Å². The lowest BCUT2D eigenvalue weighted by molar-refractivity contribution is 0.395. The number of benzene rings is 1. The molecule has 20 heavy (non-hydrogen) atoms. The minimum atomic E-state index is -1.99. The van der Waals surface area contributed by atoms with Gasteiger partial charge in [0.05, 0.1) is 12.7 Å². The molecule has 0 aromatic heterocycles. The molecule has 0 saturated heterocycles. The van der Waals surface area contributed by atoms with Crippen LogP contribution in [0.15, 0.2) is 18.7 Å². The summed E-state index contributed by atoms with van der Waals surface area (Å²) in [6.45, 7) is 16.7. The fourth-order valence-electron chi connectivity index (χ4n) is 1.69. The number of phenols is 1. The van der Waals surface area contributed by atoms with Gasteiger partial charge in [-0.25, -0.2) is 0 Å². The number of rotatable bonds is 4. The third kappa shape index (κ3) is 3.36. The molecule has 0 aliphatic heterocycles. The summed E-state index contributed by atoms with van der Waals surface area (Å²) in [5.74, 6) is 1.21. The maximum atomic E-state index is 10.2. The number of ether oxygens (including phenoxy) is 1. The summed E-state index contributed by atoms with van der Waals surface area (Å²) in [4.78, 5) is 0. The molecule has 1 N–H and O–H groups in total. The standard InChI is InChI=1S/C16H26O3Si/c1-11-9-13(17)15(14(10-11)18-6)12(2)19-20(7,8)16(3,4)5/h9-10,17H,2H2,1,3-8H3. The van der Waals surface area contributed by atoms with Crippen LogP contribution in [0.3, 0.4) is 0 Å². The van der Waals surface area contributed by atoms with E-state index in [9.17, 15) is 5.11 Å². The van der Waals surface area contributed by atoms with Gasteiger partial charge in [0.15, 0.2) is 0 Å². The first-order valence-electron chi connectivity index (χ1n) is 6.75. The first-order chi connectivity index (χ1) is 8.99. The molecule has 4 heteroatoms. The van der Waals surface area contributed by atoms with Gasteiger partial charge in [0, 0.05) is 0 Å². The van der Waals surface area contributed by atoms with Crippen molar-refractivity contribution in [3.05, 3.63) is 29.8 Å². The van der Waals surface area contributed by atoms with Crippen LogP contribution in [0.5, 0.6) is 11.5 Å². The summed E-state index contributed by atoms with van der Waals surface area (Å²) < 4.78 is 11.5. The molecule has 0 heterocycles. The van der Waals surface area contributed by atoms with Crippen molar-refractivity contribution < 1.29 is 14.3 Å². The Morgan fingerprint density at radius 3 is 2.25 bits per heavy atom. The molecular formula is C16H26O3Si. The predicted octanol–water partition coefficient (Wildman–Crippen LogP) is 4.70. The average molecular weight is 294 g/mol. The highest BCUT2D eigenvalue weighted by Crippen LogP contribution is 2.42. The van der Waals surface area contributed by atoms with Crippen molar-refractivity contribution in [2.24, 2.45) is 0 Å². The van der Waals surface area contributed by atoms with Crippen LogP contribution in [0.1, 0.15) is 31.9 Å². The monoisotopic (exact) mass is 294 g/mol. The number of methoxy groups -OCH3 is 1. The predicted molar refractivity (Wildman–Crippen MR) is 86.7 cm³/mol. The number of hydrogen-bond acceptors (Lipinski definition) is 3. The zero-order chi connectivity index (χ0) is 15.7. The van der Waals surface area contributed by atoms with Gasteiger partial charge in [-0.3, -0.25) is 0 Å². The van der Waals surface area contributed by atoms with Gasteiger partial charge in [0.2, 0.25) is 8.32 Å². The van der Waals surface area contributed by atoms with E-state index >= 15 is 0 Å². The number of phenolic OH excluding ortho intramolecular Hbond substituents is 1. The van der Waals surface area contributed by atoms with Crippen LogP contribution in [-0.4, -0.2) is 20.5 Å². The molecule has 0 spiro atoms. The van der Waals surface area contributed by atoms with Gasteiger partial charge in [0.25, 0.3) is 0 Å². The molecule has 0 bridgehead atoms. The van der Waals surface area contributed by atoms with Crippen molar-refractivity contribution in [2.45, 2.75) is 45.8 Å². The van der Waals surface area contributed by atoms with Crippen LogP contribution in [0.2, 0.25) is 18.1 Å². The molecule has 112 valence electrons. The van der Waals surface area contributed by atoms with E-state index in [1.807, 2.05) is 13.0 Å². The average Bonchev–Trinajstić information content (AvgIpc) is 2.25. The zero-order valence-electron chi connectivity index (χ0n) is 13.6. The van der Waals surface area contributed by atoms with Gasteiger partial charge in [-0.15, -0.1) is 0 Å². The first kappa shape index (κ1) is 16.6. The Bertz CT molecular complexity index is 513. The SMILES string of the molecule is C=C(O[Si](C)(C)C(C)(C)C)c1c(O)cc(C)cc1OC. The molecule has 1 rings (SSSR count). The molecular weight excluding hydrogens is 268 g/mol. The summed E-state index contributed by atoms with van der Waals surface area (Å²) in [5.41, 5.74) is 1.48. The van der Waals surface area contributed by atoms with E-state index in [0.717, 1.165) is 5.56 Å². The summed E-state index contributed by atoms with van der Waals surface area (Å²) in [6, 6.07) is 3.56. The van der Waals surface area contributed by atoms with Crippen LogP contribution < -0.4 is 4.74 Å². The van der Waals surface area contributed by atoms with Crippen molar-refractivity contribution in [1.82, 2.24) is 0 Å². The molecule has 0 atom stereocenters. The van der Waals surface area contributed by atoms with Gasteiger partial charge < -0.3 is 14.3 Å². The maximum absolute atomic E-state index is 10.2. The molecule has 0 aliphatic rings. The molecule has 0 saturated carbocycles. The lowest BCUT2D eigenvalue weighted by atomic mass is 10.1. The summed E-state index contributed by atoms with van der Waals surface area (Å²) in [7, 11) is -0.409. The second-order valence-electron chi connectivity index (χ2n) is 6.65. The maximum Gasteiger partial charge on any atom is 0.250 e. The van der Waals surface area contributed by atoms with Crippen molar-refractivity contribution in [3.8, 4) is 11.5 Å². The first-order valence-corrected chi connectivity index (χ1v) is 9.66. The van der Waals surface area contributed by atoms with Gasteiger partial charge in [-0.2, -0.15) is 0 Å². The molecule has 3 nitrogen and oxygen atoms in total. The van der Waals surface area contributed by atoms with E-state index in [1.54, 1.807) is 13.2 Å². The Morgan fingerprint density at radius 1 is 1.25 bits per heavy atom. The van der Waals surface area contributed by atoms with Crippen LogP contribution >= 0.6 is 0 Å². The van der Waals surface area contributed by atoms with Crippen molar-refractivity contribution in [2.75, 3.05) is 7.11 Å². The van der Waals surface area contributed by atoms with Gasteiger partial charge in [-0.05, 0) is 42.8 Å². The van der Waals surface area contributed by atoms with Gasteiger partial charge in [0.1, 0.15) is 17.3 Å². The Hall–Kier alpha value is -1.42. The van der Waals surface area contributed by atoms with Crippen molar-refractivity contribution in [3.63, 3.8) is 0 Å². The lowest BCUT2D eigenvalue weighted by Crippen LogP contribution is -2.40. The molecule has 0 fully saturated rings. The van der Waals surface area contributed by atoms with Crippen molar-refractivity contribution >= 4 is 14.1 Å². The summed E-state index contributed by atoms with van der Waals surface area (Å²) in [6.07, 6.45) is 0. The third-order valence-corrected chi connectivity index (χ3v) is 8.28. The smallest absolute Gasteiger partial charge is 0.250 e. The van der Waals surface area contributed by atoms with Crippen molar-refractivity contribution in [1.29, 1.82) is 0 Å². The highest BCUT2D eigenvalue weighted by molar-refractivity contribution is 6.74. The normalized spacial score (nSPS) is 12.2. The minimum Gasteiger partial charge on any atom is -0.543 e. The number of hydrogen-bond donors (Lipinski definition) is 1. The Balaban J connectivity index is 3.17. The number of aryl methyl sites for hydroxylation is 1. The minimum absolute atomic E-state index is 0.0729. The topological polar surface area (TPSA) is 38.7 Å².